The molecule has 0 aliphatic carbocycles. The van der Waals surface area contributed by atoms with Crippen molar-refractivity contribution in [2.24, 2.45) is 10.8 Å². The van der Waals surface area contributed by atoms with E-state index in [2.05, 4.69) is 55.9 Å². The summed E-state index contributed by atoms with van der Waals surface area (Å²) in [7, 11) is 0. The Kier molecular flexibility index (Phi) is 5.86. The highest BCUT2D eigenvalue weighted by atomic mass is 79.9. The number of carbonyl (C=O) groups is 1. The van der Waals surface area contributed by atoms with E-state index in [0.29, 0.717) is 6.42 Å². The maximum atomic E-state index is 11.6. The second kappa shape index (κ2) is 5.88. The van der Waals surface area contributed by atoms with Gasteiger partial charge in [0.1, 0.15) is 0 Å². The SMILES string of the molecule is CC(C)(C)CC(=O)NCC(C)(C)CCBr. The molecular weight excluding hydrogens is 254 g/mol. The van der Waals surface area contributed by atoms with E-state index in [4.69, 9.17) is 0 Å². The average Bonchev–Trinajstić information content (AvgIpc) is 1.98. The molecule has 0 aromatic heterocycles. The summed E-state index contributed by atoms with van der Waals surface area (Å²) < 4.78 is 0. The second-order valence-electron chi connectivity index (χ2n) is 6.12. The lowest BCUT2D eigenvalue weighted by molar-refractivity contribution is -0.123. The first-order valence-corrected chi connectivity index (χ1v) is 6.61. The molecular formula is C12H24BrNO. The topological polar surface area (TPSA) is 29.1 Å². The normalized spacial score (nSPS) is 12.7. The van der Waals surface area contributed by atoms with Crippen molar-refractivity contribution < 1.29 is 4.79 Å². The lowest BCUT2D eigenvalue weighted by Gasteiger charge is -2.25. The molecule has 1 amide bonds. The first-order chi connectivity index (χ1) is 6.66. The number of alkyl halides is 1. The lowest BCUT2D eigenvalue weighted by Crippen LogP contribution is -2.35. The first kappa shape index (κ1) is 14.9. The number of hydrogen-bond donors (Lipinski definition) is 1. The summed E-state index contributed by atoms with van der Waals surface area (Å²) >= 11 is 3.43. The smallest absolute Gasteiger partial charge is 0.220 e. The van der Waals surface area contributed by atoms with Crippen LogP contribution in [0.4, 0.5) is 0 Å². The van der Waals surface area contributed by atoms with Crippen molar-refractivity contribution in [1.82, 2.24) is 5.32 Å². The number of halogens is 1. The Hall–Kier alpha value is -0.0500. The van der Waals surface area contributed by atoms with Gasteiger partial charge in [-0.15, -0.1) is 0 Å². The fraction of sp³-hybridized carbons (Fsp3) is 0.917. The van der Waals surface area contributed by atoms with Gasteiger partial charge in [0.15, 0.2) is 0 Å². The molecule has 0 atom stereocenters. The number of nitrogens with one attached hydrogen (secondary N) is 1. The minimum absolute atomic E-state index is 0.0731. The minimum atomic E-state index is 0.0731. The molecule has 1 N–H and O–H groups in total. The first-order valence-electron chi connectivity index (χ1n) is 5.49. The van der Waals surface area contributed by atoms with Gasteiger partial charge < -0.3 is 5.32 Å². The quantitative estimate of drug-likeness (QED) is 0.768. The van der Waals surface area contributed by atoms with Crippen LogP contribution in [0, 0.1) is 10.8 Å². The van der Waals surface area contributed by atoms with Crippen LogP contribution in [0.1, 0.15) is 47.5 Å². The molecule has 3 heteroatoms. The average molecular weight is 278 g/mol. The zero-order valence-corrected chi connectivity index (χ0v) is 12.2. The molecule has 0 spiro atoms. The van der Waals surface area contributed by atoms with E-state index < -0.39 is 0 Å². The number of amides is 1. The van der Waals surface area contributed by atoms with Gasteiger partial charge in [-0.25, -0.2) is 0 Å². The zero-order chi connectivity index (χ0) is 12.1. The van der Waals surface area contributed by atoms with Crippen molar-refractivity contribution in [1.29, 1.82) is 0 Å². The Balaban J connectivity index is 3.90. The van der Waals surface area contributed by atoms with E-state index in [1.54, 1.807) is 0 Å². The molecule has 0 aliphatic heterocycles. The van der Waals surface area contributed by atoms with Gasteiger partial charge >= 0.3 is 0 Å². The monoisotopic (exact) mass is 277 g/mol. The highest BCUT2D eigenvalue weighted by Crippen LogP contribution is 2.21. The third-order valence-electron chi connectivity index (χ3n) is 2.23. The summed E-state index contributed by atoms with van der Waals surface area (Å²) in [6, 6.07) is 0. The van der Waals surface area contributed by atoms with Crippen molar-refractivity contribution >= 4 is 21.8 Å². The second-order valence-corrected chi connectivity index (χ2v) is 6.91. The third-order valence-corrected chi connectivity index (χ3v) is 2.62. The van der Waals surface area contributed by atoms with Crippen LogP contribution in [0.2, 0.25) is 0 Å². The molecule has 0 aromatic carbocycles. The molecule has 0 radical (unpaired) electrons. The lowest BCUT2D eigenvalue weighted by atomic mass is 9.89. The summed E-state index contributed by atoms with van der Waals surface area (Å²) in [5.74, 6) is 0.158. The van der Waals surface area contributed by atoms with Crippen LogP contribution in [0.5, 0.6) is 0 Å². The van der Waals surface area contributed by atoms with Gasteiger partial charge in [0.25, 0.3) is 0 Å². The fourth-order valence-electron chi connectivity index (χ4n) is 1.23. The summed E-state index contributed by atoms with van der Waals surface area (Å²) in [4.78, 5) is 11.6. The third kappa shape index (κ3) is 8.91. The maximum Gasteiger partial charge on any atom is 0.220 e. The van der Waals surface area contributed by atoms with Crippen molar-refractivity contribution in [3.63, 3.8) is 0 Å². The van der Waals surface area contributed by atoms with Gasteiger partial charge in [0.05, 0.1) is 0 Å². The summed E-state index contributed by atoms with van der Waals surface area (Å²) in [5.41, 5.74) is 0.251. The largest absolute Gasteiger partial charge is 0.356 e. The molecule has 15 heavy (non-hydrogen) atoms. The Morgan fingerprint density at radius 2 is 1.73 bits per heavy atom. The van der Waals surface area contributed by atoms with Crippen molar-refractivity contribution in [2.45, 2.75) is 47.5 Å². The standard InChI is InChI=1S/C12H24BrNO/c1-11(2,3)8-10(15)14-9-12(4,5)6-7-13/h6-9H2,1-5H3,(H,14,15). The van der Waals surface area contributed by atoms with E-state index in [1.807, 2.05) is 0 Å². The van der Waals surface area contributed by atoms with E-state index in [9.17, 15) is 4.79 Å². The van der Waals surface area contributed by atoms with Crippen LogP contribution in [0.15, 0.2) is 0 Å². The number of carbonyl (C=O) groups excluding carboxylic acids is 1. The van der Waals surface area contributed by atoms with Crippen molar-refractivity contribution in [3.8, 4) is 0 Å². The van der Waals surface area contributed by atoms with E-state index >= 15 is 0 Å². The number of hydrogen-bond acceptors (Lipinski definition) is 1. The molecule has 0 saturated carbocycles. The molecule has 0 unspecified atom stereocenters. The van der Waals surface area contributed by atoms with Crippen LogP contribution in [0.3, 0.4) is 0 Å². The molecule has 0 aliphatic rings. The van der Waals surface area contributed by atoms with Crippen LogP contribution in [0.25, 0.3) is 0 Å². The predicted molar refractivity (Wildman–Crippen MR) is 69.3 cm³/mol. The van der Waals surface area contributed by atoms with E-state index in [0.717, 1.165) is 18.3 Å². The summed E-state index contributed by atoms with van der Waals surface area (Å²) in [6.45, 7) is 11.3. The van der Waals surface area contributed by atoms with Gasteiger partial charge in [-0.2, -0.15) is 0 Å². The molecule has 0 saturated heterocycles. The molecule has 0 bridgehead atoms. The van der Waals surface area contributed by atoms with Gasteiger partial charge in [-0.1, -0.05) is 50.5 Å². The number of rotatable bonds is 5. The van der Waals surface area contributed by atoms with Crippen LogP contribution >= 0.6 is 15.9 Å². The maximum absolute atomic E-state index is 11.6. The van der Waals surface area contributed by atoms with Crippen molar-refractivity contribution in [2.75, 3.05) is 11.9 Å². The zero-order valence-electron chi connectivity index (χ0n) is 10.6. The molecule has 0 fully saturated rings. The summed E-state index contributed by atoms with van der Waals surface area (Å²) in [6.07, 6.45) is 1.67. The highest BCUT2D eigenvalue weighted by molar-refractivity contribution is 9.09. The van der Waals surface area contributed by atoms with Crippen LogP contribution in [-0.4, -0.2) is 17.8 Å². The van der Waals surface area contributed by atoms with E-state index in [1.165, 1.54) is 0 Å². The molecule has 0 aromatic rings. The summed E-state index contributed by atoms with van der Waals surface area (Å²) in [5, 5.41) is 3.99. The molecule has 90 valence electrons. The Morgan fingerprint density at radius 3 is 2.13 bits per heavy atom. The predicted octanol–water partition coefficient (Wildman–Crippen LogP) is 3.35. The molecule has 0 heterocycles. The Bertz CT molecular complexity index is 206. The molecule has 0 rings (SSSR count). The van der Waals surface area contributed by atoms with Gasteiger partial charge in [-0.05, 0) is 17.3 Å². The minimum Gasteiger partial charge on any atom is -0.356 e. The van der Waals surface area contributed by atoms with Gasteiger partial charge in [0, 0.05) is 18.3 Å². The Morgan fingerprint density at radius 1 is 1.20 bits per heavy atom. The van der Waals surface area contributed by atoms with Gasteiger partial charge in [0.2, 0.25) is 5.91 Å². The highest BCUT2D eigenvalue weighted by Gasteiger charge is 2.20. The van der Waals surface area contributed by atoms with Gasteiger partial charge in [-0.3, -0.25) is 4.79 Å². The fourth-order valence-corrected chi connectivity index (χ4v) is 2.30. The van der Waals surface area contributed by atoms with Crippen molar-refractivity contribution in [3.05, 3.63) is 0 Å². The van der Waals surface area contributed by atoms with E-state index in [-0.39, 0.29) is 16.7 Å². The van der Waals surface area contributed by atoms with Crippen LogP contribution < -0.4 is 5.32 Å². The Labute approximate surface area is 102 Å². The molecule has 2 nitrogen and oxygen atoms in total. The van der Waals surface area contributed by atoms with Crippen LogP contribution in [-0.2, 0) is 4.79 Å².